The summed E-state index contributed by atoms with van der Waals surface area (Å²) in [6.45, 7) is 4.68. The van der Waals surface area contributed by atoms with Gasteiger partial charge in [0, 0.05) is 28.8 Å². The second kappa shape index (κ2) is 8.34. The molecular weight excluding hydrogens is 352 g/mol. The molecule has 1 saturated heterocycles. The van der Waals surface area contributed by atoms with E-state index in [1.807, 2.05) is 12.1 Å². The third-order valence-electron chi connectivity index (χ3n) is 5.49. The predicted molar refractivity (Wildman–Crippen MR) is 108 cm³/mol. The maximum absolute atomic E-state index is 7.39. The van der Waals surface area contributed by atoms with E-state index in [9.17, 15) is 0 Å². The third kappa shape index (κ3) is 5.12. The zero-order valence-corrected chi connectivity index (χ0v) is 16.4. The second-order valence-corrected chi connectivity index (χ2v) is 8.13. The first-order chi connectivity index (χ1) is 13.7. The van der Waals surface area contributed by atoms with E-state index in [1.165, 1.54) is 25.7 Å². The molecule has 1 aromatic carbocycles. The highest BCUT2D eigenvalue weighted by atomic mass is 16.7. The van der Waals surface area contributed by atoms with Crippen LogP contribution < -0.4 is 10.6 Å². The summed E-state index contributed by atoms with van der Waals surface area (Å²) in [5.41, 5.74) is 11.5. The summed E-state index contributed by atoms with van der Waals surface area (Å²) in [6, 6.07) is 6.18. The van der Waals surface area contributed by atoms with Crippen molar-refractivity contribution in [3.8, 4) is 11.8 Å². The van der Waals surface area contributed by atoms with Crippen LogP contribution in [0.5, 0.6) is 0 Å². The fourth-order valence-electron chi connectivity index (χ4n) is 3.15. The van der Waals surface area contributed by atoms with E-state index in [2.05, 4.69) is 40.6 Å². The van der Waals surface area contributed by atoms with Crippen LogP contribution in [0, 0.1) is 35.6 Å². The van der Waals surface area contributed by atoms with Crippen LogP contribution >= 0.6 is 0 Å². The molecule has 0 atom stereocenters. The zero-order valence-electron chi connectivity index (χ0n) is 16.4. The van der Waals surface area contributed by atoms with E-state index in [4.69, 9.17) is 15.0 Å². The molecule has 0 amide bonds. The maximum atomic E-state index is 7.39. The molecule has 1 heterocycles. The first-order valence-electron chi connectivity index (χ1n) is 10.0. The number of aryl methyl sites for hydroxylation is 1. The number of nitrogens with one attached hydrogen (secondary N) is 3. The van der Waals surface area contributed by atoms with E-state index < -0.39 is 0 Å². The Balaban J connectivity index is 1.23. The summed E-state index contributed by atoms with van der Waals surface area (Å²) in [5, 5.41) is 10.1. The third-order valence-corrected chi connectivity index (χ3v) is 5.49. The number of benzene rings is 1. The molecule has 1 aliphatic heterocycles. The van der Waals surface area contributed by atoms with Crippen LogP contribution in [0.15, 0.2) is 35.2 Å². The number of hydrogen-bond acceptors (Lipinski definition) is 6. The molecule has 3 aliphatic rings. The van der Waals surface area contributed by atoms with Crippen LogP contribution in [0.25, 0.3) is 0 Å². The molecule has 4 rings (SSSR count). The molecule has 6 heteroatoms. The molecule has 3 fully saturated rings. The van der Waals surface area contributed by atoms with Gasteiger partial charge >= 0.3 is 0 Å². The van der Waals surface area contributed by atoms with Crippen molar-refractivity contribution >= 4 is 5.69 Å². The summed E-state index contributed by atoms with van der Waals surface area (Å²) in [5.74, 6) is 7.14. The lowest BCUT2D eigenvalue weighted by Gasteiger charge is -2.29. The van der Waals surface area contributed by atoms with E-state index >= 15 is 0 Å². The molecule has 28 heavy (non-hydrogen) atoms. The fraction of sp³-hybridized carbons (Fsp3) is 0.545. The van der Waals surface area contributed by atoms with Crippen LogP contribution in [0.1, 0.15) is 36.8 Å². The Bertz CT molecular complexity index is 806. The van der Waals surface area contributed by atoms with Gasteiger partial charge in [0.1, 0.15) is 0 Å². The largest absolute Gasteiger partial charge is 0.384 e. The van der Waals surface area contributed by atoms with E-state index in [0.717, 1.165) is 30.0 Å². The Kier molecular flexibility index (Phi) is 5.65. The summed E-state index contributed by atoms with van der Waals surface area (Å²) in [6.07, 6.45) is 6.44. The lowest BCUT2D eigenvalue weighted by atomic mass is 10.1. The molecule has 0 unspecified atom stereocenters. The fourth-order valence-corrected chi connectivity index (χ4v) is 3.15. The van der Waals surface area contributed by atoms with Crippen LogP contribution in [0.2, 0.25) is 0 Å². The number of nitrogens with zero attached hydrogens (tertiary/aromatic N) is 1. The van der Waals surface area contributed by atoms with Gasteiger partial charge in [-0.25, -0.2) is 5.53 Å². The SMILES string of the molecule is Cc1cc(C#CC2CC2)ccc1NC/C(=C/NCC1OCC2(CC2)CO1)N=N. The molecule has 2 aliphatic carbocycles. The van der Waals surface area contributed by atoms with Crippen LogP contribution in [-0.4, -0.2) is 32.6 Å². The predicted octanol–water partition coefficient (Wildman–Crippen LogP) is 3.78. The van der Waals surface area contributed by atoms with Gasteiger partial charge in [0.05, 0.1) is 32.0 Å². The topological polar surface area (TPSA) is 78.7 Å². The van der Waals surface area contributed by atoms with Crippen molar-refractivity contribution < 1.29 is 9.47 Å². The first-order valence-corrected chi connectivity index (χ1v) is 10.0. The average molecular weight is 380 g/mol. The minimum atomic E-state index is -0.228. The Morgan fingerprint density at radius 3 is 2.75 bits per heavy atom. The number of hydrogen-bond donors (Lipinski definition) is 3. The molecule has 1 spiro atoms. The van der Waals surface area contributed by atoms with E-state index in [-0.39, 0.29) is 6.29 Å². The van der Waals surface area contributed by atoms with Gasteiger partial charge in [0.2, 0.25) is 0 Å². The highest BCUT2D eigenvalue weighted by Gasteiger charge is 2.46. The van der Waals surface area contributed by atoms with Gasteiger partial charge in [0.25, 0.3) is 0 Å². The summed E-state index contributed by atoms with van der Waals surface area (Å²) in [7, 11) is 0. The molecular formula is C22H28N4O2. The molecule has 3 N–H and O–H groups in total. The van der Waals surface area contributed by atoms with Crippen LogP contribution in [-0.2, 0) is 9.47 Å². The van der Waals surface area contributed by atoms with Crippen molar-refractivity contribution in [3.05, 3.63) is 41.2 Å². The summed E-state index contributed by atoms with van der Waals surface area (Å²) >= 11 is 0. The molecule has 0 radical (unpaired) electrons. The smallest absolute Gasteiger partial charge is 0.174 e. The van der Waals surface area contributed by atoms with Crippen molar-refractivity contribution in [1.82, 2.24) is 5.32 Å². The van der Waals surface area contributed by atoms with Gasteiger partial charge in [-0.05, 0) is 56.4 Å². The minimum absolute atomic E-state index is 0.228. The van der Waals surface area contributed by atoms with Crippen LogP contribution in [0.4, 0.5) is 5.69 Å². The molecule has 0 bridgehead atoms. The quantitative estimate of drug-likeness (QED) is 0.497. The highest BCUT2D eigenvalue weighted by molar-refractivity contribution is 5.55. The first kappa shape index (κ1) is 19.0. The monoisotopic (exact) mass is 380 g/mol. The second-order valence-electron chi connectivity index (χ2n) is 8.13. The molecule has 0 aromatic heterocycles. The van der Waals surface area contributed by atoms with Crippen molar-refractivity contribution in [2.45, 2.75) is 38.9 Å². The standard InChI is InChI=1S/C22H28N4O2/c1-16-10-18(5-4-17-2-3-17)6-7-20(16)25-12-19(26-23)11-24-13-21-27-14-22(8-9-22)15-28-21/h6-7,10-11,17,21,23-25H,2-3,8-9,12-15H2,1H3/b19-11-,26-23?. The van der Waals surface area contributed by atoms with Gasteiger partial charge in [-0.2, -0.15) is 5.11 Å². The number of rotatable bonds is 7. The van der Waals surface area contributed by atoms with Gasteiger partial charge in [-0.3, -0.25) is 0 Å². The zero-order chi connectivity index (χ0) is 19.4. The Morgan fingerprint density at radius 1 is 1.32 bits per heavy atom. The Labute approximate surface area is 166 Å². The highest BCUT2D eigenvalue weighted by Crippen LogP contribution is 2.48. The Hall–Kier alpha value is -2.36. The van der Waals surface area contributed by atoms with Crippen molar-refractivity contribution in [2.24, 2.45) is 16.4 Å². The Morgan fingerprint density at radius 2 is 2.11 bits per heavy atom. The van der Waals surface area contributed by atoms with Gasteiger partial charge in [0.15, 0.2) is 6.29 Å². The maximum Gasteiger partial charge on any atom is 0.174 e. The normalized spacial score (nSPS) is 21.0. The lowest BCUT2D eigenvalue weighted by Crippen LogP contribution is -2.38. The van der Waals surface area contributed by atoms with E-state index in [0.29, 0.717) is 30.1 Å². The summed E-state index contributed by atoms with van der Waals surface area (Å²) in [4.78, 5) is 0. The van der Waals surface area contributed by atoms with Gasteiger partial charge in [-0.1, -0.05) is 11.8 Å². The molecule has 6 nitrogen and oxygen atoms in total. The van der Waals surface area contributed by atoms with Crippen molar-refractivity contribution in [3.63, 3.8) is 0 Å². The number of ether oxygens (including phenoxy) is 2. The summed E-state index contributed by atoms with van der Waals surface area (Å²) < 4.78 is 11.5. The molecule has 1 aromatic rings. The average Bonchev–Trinajstić information content (AvgIpc) is 3.63. The van der Waals surface area contributed by atoms with Crippen molar-refractivity contribution in [1.29, 1.82) is 5.53 Å². The molecule has 2 saturated carbocycles. The van der Waals surface area contributed by atoms with Gasteiger partial charge in [-0.15, -0.1) is 0 Å². The van der Waals surface area contributed by atoms with Crippen LogP contribution in [0.3, 0.4) is 0 Å². The number of anilines is 1. The van der Waals surface area contributed by atoms with Gasteiger partial charge < -0.3 is 20.1 Å². The van der Waals surface area contributed by atoms with E-state index in [1.54, 1.807) is 6.20 Å². The minimum Gasteiger partial charge on any atom is -0.384 e. The lowest BCUT2D eigenvalue weighted by molar-refractivity contribution is -0.203. The molecule has 148 valence electrons. The van der Waals surface area contributed by atoms with Crippen molar-refractivity contribution in [2.75, 3.05) is 31.6 Å².